The number of methoxy groups -OCH3 is 2. The van der Waals surface area contributed by atoms with Gasteiger partial charge in [-0.3, -0.25) is 0 Å². The number of para-hydroxylation sites is 1. The molecule has 94 valence electrons. The molecular weight excluding hydrogens is 300 g/mol. The molecule has 0 aliphatic heterocycles. The third-order valence-electron chi connectivity index (χ3n) is 2.20. The summed E-state index contributed by atoms with van der Waals surface area (Å²) in [6.45, 7) is 0. The molecule has 1 aromatic heterocycles. The lowest BCUT2D eigenvalue weighted by atomic mass is 10.3. The smallest absolute Gasteiger partial charge is 0.223 e. The summed E-state index contributed by atoms with van der Waals surface area (Å²) in [6.07, 6.45) is 1.40. The Morgan fingerprint density at radius 2 is 1.72 bits per heavy atom. The van der Waals surface area contributed by atoms with Crippen LogP contribution in [0.3, 0.4) is 0 Å². The monoisotopic (exact) mass is 310 g/mol. The molecule has 2 aromatic rings. The maximum atomic E-state index is 5.67. The Bertz CT molecular complexity index is 526. The number of rotatable bonds is 4. The Hall–Kier alpha value is -1.82. The number of hydrogen-bond donors (Lipinski definition) is 0. The van der Waals surface area contributed by atoms with Crippen molar-refractivity contribution in [3.05, 3.63) is 35.2 Å². The number of aromatic nitrogens is 2. The summed E-state index contributed by atoms with van der Waals surface area (Å²) in [5, 5.41) is 0. The molecule has 0 unspecified atom stereocenters. The molecule has 0 spiro atoms. The third kappa shape index (κ3) is 2.70. The molecule has 0 aliphatic rings. The molecule has 0 atom stereocenters. The minimum absolute atomic E-state index is 0.402. The van der Waals surface area contributed by atoms with E-state index in [1.54, 1.807) is 32.4 Å². The zero-order valence-corrected chi connectivity index (χ0v) is 11.5. The molecule has 0 saturated heterocycles. The molecule has 0 aliphatic carbocycles. The van der Waals surface area contributed by atoms with E-state index < -0.39 is 0 Å². The van der Waals surface area contributed by atoms with Crippen molar-refractivity contribution in [1.29, 1.82) is 0 Å². The number of hydrogen-bond acceptors (Lipinski definition) is 5. The first-order valence-electron chi connectivity index (χ1n) is 5.11. The SMILES string of the molecule is COc1cccc(OC)c1Oc1cc(Br)ncn1. The molecule has 18 heavy (non-hydrogen) atoms. The van der Waals surface area contributed by atoms with E-state index in [1.165, 1.54) is 6.33 Å². The van der Waals surface area contributed by atoms with Crippen LogP contribution in [0.25, 0.3) is 0 Å². The largest absolute Gasteiger partial charge is 0.493 e. The lowest BCUT2D eigenvalue weighted by Crippen LogP contribution is -1.96. The minimum Gasteiger partial charge on any atom is -0.493 e. The van der Waals surface area contributed by atoms with Crippen molar-refractivity contribution in [1.82, 2.24) is 9.97 Å². The van der Waals surface area contributed by atoms with Crippen LogP contribution in [-0.4, -0.2) is 24.2 Å². The average Bonchev–Trinajstić information content (AvgIpc) is 2.39. The number of ether oxygens (including phenoxy) is 3. The second-order valence-corrected chi connectivity index (χ2v) is 4.09. The summed E-state index contributed by atoms with van der Waals surface area (Å²) >= 11 is 3.25. The zero-order valence-electron chi connectivity index (χ0n) is 9.88. The van der Waals surface area contributed by atoms with Gasteiger partial charge in [-0.15, -0.1) is 0 Å². The van der Waals surface area contributed by atoms with Crippen LogP contribution in [0.5, 0.6) is 23.1 Å². The average molecular weight is 311 g/mol. The van der Waals surface area contributed by atoms with Crippen molar-refractivity contribution in [3.8, 4) is 23.1 Å². The van der Waals surface area contributed by atoms with Crippen molar-refractivity contribution in [2.24, 2.45) is 0 Å². The van der Waals surface area contributed by atoms with E-state index in [0.717, 1.165) is 0 Å². The molecule has 0 radical (unpaired) electrons. The van der Waals surface area contributed by atoms with Crippen molar-refractivity contribution in [2.45, 2.75) is 0 Å². The molecule has 0 N–H and O–H groups in total. The van der Waals surface area contributed by atoms with Crippen LogP contribution in [-0.2, 0) is 0 Å². The van der Waals surface area contributed by atoms with Gasteiger partial charge in [-0.2, -0.15) is 0 Å². The maximum Gasteiger partial charge on any atom is 0.223 e. The first-order valence-corrected chi connectivity index (χ1v) is 5.90. The highest BCUT2D eigenvalue weighted by Gasteiger charge is 2.13. The summed E-state index contributed by atoms with van der Waals surface area (Å²) in [6, 6.07) is 7.05. The Morgan fingerprint density at radius 1 is 1.06 bits per heavy atom. The van der Waals surface area contributed by atoms with E-state index >= 15 is 0 Å². The first kappa shape index (κ1) is 12.6. The maximum absolute atomic E-state index is 5.67. The Balaban J connectivity index is 2.38. The predicted molar refractivity (Wildman–Crippen MR) is 69.4 cm³/mol. The highest BCUT2D eigenvalue weighted by atomic mass is 79.9. The predicted octanol–water partition coefficient (Wildman–Crippen LogP) is 3.05. The van der Waals surface area contributed by atoms with Gasteiger partial charge in [0.15, 0.2) is 11.5 Å². The summed E-state index contributed by atoms with van der Waals surface area (Å²) < 4.78 is 16.8. The van der Waals surface area contributed by atoms with Crippen LogP contribution in [0.2, 0.25) is 0 Å². The van der Waals surface area contributed by atoms with Gasteiger partial charge in [0.25, 0.3) is 0 Å². The quantitative estimate of drug-likeness (QED) is 0.812. The summed E-state index contributed by atoms with van der Waals surface area (Å²) in [4.78, 5) is 7.94. The van der Waals surface area contributed by atoms with Crippen LogP contribution < -0.4 is 14.2 Å². The fourth-order valence-corrected chi connectivity index (χ4v) is 1.68. The van der Waals surface area contributed by atoms with Crippen molar-refractivity contribution >= 4 is 15.9 Å². The van der Waals surface area contributed by atoms with Gasteiger partial charge in [-0.05, 0) is 28.1 Å². The second-order valence-electron chi connectivity index (χ2n) is 3.27. The highest BCUT2D eigenvalue weighted by Crippen LogP contribution is 2.39. The number of benzene rings is 1. The van der Waals surface area contributed by atoms with Gasteiger partial charge in [0, 0.05) is 6.07 Å². The molecule has 2 rings (SSSR count). The van der Waals surface area contributed by atoms with Gasteiger partial charge in [0.2, 0.25) is 11.6 Å². The lowest BCUT2D eigenvalue weighted by Gasteiger charge is -2.12. The van der Waals surface area contributed by atoms with Crippen LogP contribution in [0, 0.1) is 0 Å². The minimum atomic E-state index is 0.402. The summed E-state index contributed by atoms with van der Waals surface area (Å²) in [5.41, 5.74) is 0. The fraction of sp³-hybridized carbons (Fsp3) is 0.167. The Kier molecular flexibility index (Phi) is 3.99. The van der Waals surface area contributed by atoms with E-state index in [9.17, 15) is 0 Å². The normalized spacial score (nSPS) is 9.94. The van der Waals surface area contributed by atoms with Crippen LogP contribution in [0.4, 0.5) is 0 Å². The molecule has 0 fully saturated rings. The van der Waals surface area contributed by atoms with E-state index in [4.69, 9.17) is 14.2 Å². The van der Waals surface area contributed by atoms with E-state index in [2.05, 4.69) is 25.9 Å². The molecule has 0 saturated carbocycles. The fourth-order valence-electron chi connectivity index (χ4n) is 1.40. The lowest BCUT2D eigenvalue weighted by molar-refractivity contribution is 0.341. The van der Waals surface area contributed by atoms with Gasteiger partial charge in [-0.1, -0.05) is 6.07 Å². The van der Waals surface area contributed by atoms with Crippen LogP contribution in [0.1, 0.15) is 0 Å². The number of nitrogens with zero attached hydrogens (tertiary/aromatic N) is 2. The molecular formula is C12H11BrN2O3. The Labute approximate surface area is 113 Å². The van der Waals surface area contributed by atoms with Gasteiger partial charge in [0.05, 0.1) is 14.2 Å². The number of halogens is 1. The second kappa shape index (κ2) is 5.68. The van der Waals surface area contributed by atoms with Crippen LogP contribution >= 0.6 is 15.9 Å². The molecule has 5 nitrogen and oxygen atoms in total. The van der Waals surface area contributed by atoms with Crippen LogP contribution in [0.15, 0.2) is 35.2 Å². The van der Waals surface area contributed by atoms with Crippen molar-refractivity contribution in [3.63, 3.8) is 0 Å². The standard InChI is InChI=1S/C12H11BrN2O3/c1-16-8-4-3-5-9(17-2)12(8)18-11-6-10(13)14-7-15-11/h3-7H,1-2H3. The molecule has 6 heteroatoms. The molecule has 0 amide bonds. The topological polar surface area (TPSA) is 53.5 Å². The zero-order chi connectivity index (χ0) is 13.0. The molecule has 1 aromatic carbocycles. The van der Waals surface area contributed by atoms with E-state index in [1.807, 2.05) is 6.07 Å². The van der Waals surface area contributed by atoms with E-state index in [-0.39, 0.29) is 0 Å². The first-order chi connectivity index (χ1) is 8.74. The molecule has 0 bridgehead atoms. The Morgan fingerprint density at radius 3 is 2.28 bits per heavy atom. The van der Waals surface area contributed by atoms with Gasteiger partial charge in [0.1, 0.15) is 10.9 Å². The molecule has 1 heterocycles. The summed E-state index contributed by atoms with van der Waals surface area (Å²) in [7, 11) is 3.13. The summed E-state index contributed by atoms with van der Waals surface area (Å²) in [5.74, 6) is 2.03. The van der Waals surface area contributed by atoms with Crippen molar-refractivity contribution in [2.75, 3.05) is 14.2 Å². The van der Waals surface area contributed by atoms with Gasteiger partial charge < -0.3 is 14.2 Å². The van der Waals surface area contributed by atoms with Gasteiger partial charge in [-0.25, -0.2) is 9.97 Å². The van der Waals surface area contributed by atoms with Gasteiger partial charge >= 0.3 is 0 Å². The highest BCUT2D eigenvalue weighted by molar-refractivity contribution is 9.10. The van der Waals surface area contributed by atoms with Crippen molar-refractivity contribution < 1.29 is 14.2 Å². The third-order valence-corrected chi connectivity index (χ3v) is 2.63. The van der Waals surface area contributed by atoms with E-state index in [0.29, 0.717) is 27.7 Å².